The van der Waals surface area contributed by atoms with Gasteiger partial charge in [-0.05, 0) is 56.0 Å². The summed E-state index contributed by atoms with van der Waals surface area (Å²) in [6.07, 6.45) is 2.05. The number of nitrogens with one attached hydrogen (secondary N) is 1. The number of carbonyl (C=O) groups excluding carboxylic acids is 1. The molecule has 0 atom stereocenters. The van der Waals surface area contributed by atoms with E-state index in [0.29, 0.717) is 42.5 Å². The third-order valence-electron chi connectivity index (χ3n) is 6.38. The minimum atomic E-state index is -3.56. The molecule has 1 saturated carbocycles. The molecule has 2 fully saturated rings. The molecule has 3 aromatic rings. The summed E-state index contributed by atoms with van der Waals surface area (Å²) in [6.45, 7) is 5.49. The molecule has 2 aromatic carbocycles. The second kappa shape index (κ2) is 8.43. The van der Waals surface area contributed by atoms with Gasteiger partial charge in [-0.15, -0.1) is 0 Å². The van der Waals surface area contributed by atoms with Gasteiger partial charge in [-0.3, -0.25) is 4.79 Å². The van der Waals surface area contributed by atoms with E-state index in [0.717, 1.165) is 34.9 Å². The van der Waals surface area contributed by atoms with Crippen molar-refractivity contribution in [2.24, 2.45) is 0 Å². The molecule has 7 nitrogen and oxygen atoms in total. The standard InChI is InChI=1S/C25H28N4O3S/c1-17-7-8-18(2)23(15-17)33(31,32)29-13-11-28(12-14-29)24-16-21(25(30)26-19-9-10-19)20-5-3-4-6-22(20)27-24/h3-8,15-16,19H,9-14H2,1-2H3,(H,26,30). The maximum Gasteiger partial charge on any atom is 0.252 e. The van der Waals surface area contributed by atoms with Gasteiger partial charge in [-0.1, -0.05) is 30.3 Å². The monoisotopic (exact) mass is 464 g/mol. The van der Waals surface area contributed by atoms with Crippen LogP contribution < -0.4 is 10.2 Å². The number of amides is 1. The van der Waals surface area contributed by atoms with Crippen molar-refractivity contribution in [1.82, 2.24) is 14.6 Å². The molecule has 1 aromatic heterocycles. The Kier molecular flexibility index (Phi) is 5.58. The largest absolute Gasteiger partial charge is 0.354 e. The second-order valence-electron chi connectivity index (χ2n) is 8.95. The molecular formula is C25H28N4O3S. The SMILES string of the molecule is Cc1ccc(C)c(S(=O)(=O)N2CCN(c3cc(C(=O)NC4CC4)c4ccccc4n3)CC2)c1. The summed E-state index contributed by atoms with van der Waals surface area (Å²) in [5.74, 6) is 0.631. The fourth-order valence-electron chi connectivity index (χ4n) is 4.28. The number of nitrogens with zero attached hydrogens (tertiary/aromatic N) is 3. The lowest BCUT2D eigenvalue weighted by molar-refractivity contribution is 0.0952. The van der Waals surface area contributed by atoms with E-state index in [1.54, 1.807) is 10.4 Å². The molecule has 33 heavy (non-hydrogen) atoms. The number of rotatable bonds is 5. The number of carbonyl (C=O) groups is 1. The van der Waals surface area contributed by atoms with Gasteiger partial charge in [0.05, 0.1) is 16.0 Å². The number of piperazine rings is 1. The Morgan fingerprint density at radius 2 is 1.73 bits per heavy atom. The molecule has 0 spiro atoms. The zero-order valence-corrected chi connectivity index (χ0v) is 19.7. The van der Waals surface area contributed by atoms with Gasteiger partial charge in [-0.2, -0.15) is 4.31 Å². The van der Waals surface area contributed by atoms with E-state index in [-0.39, 0.29) is 11.9 Å². The lowest BCUT2D eigenvalue weighted by Crippen LogP contribution is -2.49. The normalized spacial score (nSPS) is 17.3. The van der Waals surface area contributed by atoms with Gasteiger partial charge in [0.1, 0.15) is 5.82 Å². The zero-order valence-electron chi connectivity index (χ0n) is 18.9. The lowest BCUT2D eigenvalue weighted by Gasteiger charge is -2.35. The fourth-order valence-corrected chi connectivity index (χ4v) is 6.02. The zero-order chi connectivity index (χ0) is 23.2. The summed E-state index contributed by atoms with van der Waals surface area (Å²) in [6, 6.07) is 15.3. The van der Waals surface area contributed by atoms with Crippen LogP contribution in [0.25, 0.3) is 10.9 Å². The Bertz CT molecular complexity index is 1330. The van der Waals surface area contributed by atoms with E-state index in [1.807, 2.05) is 56.3 Å². The van der Waals surface area contributed by atoms with Crippen LogP contribution in [0.15, 0.2) is 53.4 Å². The molecule has 5 rings (SSSR count). The summed E-state index contributed by atoms with van der Waals surface area (Å²) in [4.78, 5) is 20.1. The summed E-state index contributed by atoms with van der Waals surface area (Å²) < 4.78 is 28.1. The van der Waals surface area contributed by atoms with Crippen LogP contribution >= 0.6 is 0 Å². The molecule has 1 amide bonds. The number of benzene rings is 2. The van der Waals surface area contributed by atoms with Gasteiger partial charge >= 0.3 is 0 Å². The van der Waals surface area contributed by atoms with Crippen LogP contribution in [0.4, 0.5) is 5.82 Å². The third-order valence-corrected chi connectivity index (χ3v) is 8.42. The molecular weight excluding hydrogens is 436 g/mol. The lowest BCUT2D eigenvalue weighted by atomic mass is 10.1. The number of anilines is 1. The Hall–Kier alpha value is -2.97. The van der Waals surface area contributed by atoms with Gasteiger partial charge in [0.15, 0.2) is 0 Å². The number of hydrogen-bond acceptors (Lipinski definition) is 5. The first-order valence-electron chi connectivity index (χ1n) is 11.4. The van der Waals surface area contributed by atoms with Crippen molar-refractivity contribution in [3.8, 4) is 0 Å². The van der Waals surface area contributed by atoms with Gasteiger partial charge < -0.3 is 10.2 Å². The smallest absolute Gasteiger partial charge is 0.252 e. The highest BCUT2D eigenvalue weighted by molar-refractivity contribution is 7.89. The van der Waals surface area contributed by atoms with Gasteiger partial charge in [0.25, 0.3) is 5.91 Å². The first-order chi connectivity index (χ1) is 15.8. The number of sulfonamides is 1. The number of pyridine rings is 1. The Labute approximate surface area is 194 Å². The number of fused-ring (bicyclic) bond motifs is 1. The topological polar surface area (TPSA) is 82.6 Å². The molecule has 1 aliphatic heterocycles. The Morgan fingerprint density at radius 3 is 2.45 bits per heavy atom. The average molecular weight is 465 g/mol. The minimum Gasteiger partial charge on any atom is -0.354 e. The van der Waals surface area contributed by atoms with Crippen LogP contribution in [-0.2, 0) is 10.0 Å². The van der Waals surface area contributed by atoms with E-state index < -0.39 is 10.0 Å². The van der Waals surface area contributed by atoms with Gasteiger partial charge in [0, 0.05) is 37.6 Å². The van der Waals surface area contributed by atoms with Gasteiger partial charge in [0.2, 0.25) is 10.0 Å². The van der Waals surface area contributed by atoms with Crippen molar-refractivity contribution in [3.63, 3.8) is 0 Å². The van der Waals surface area contributed by atoms with Crippen molar-refractivity contribution in [1.29, 1.82) is 0 Å². The number of para-hydroxylation sites is 1. The van der Waals surface area contributed by atoms with Crippen molar-refractivity contribution < 1.29 is 13.2 Å². The number of hydrogen-bond donors (Lipinski definition) is 1. The van der Waals surface area contributed by atoms with Crippen molar-refractivity contribution >= 4 is 32.7 Å². The molecule has 0 radical (unpaired) electrons. The third kappa shape index (κ3) is 4.32. The van der Waals surface area contributed by atoms with Crippen LogP contribution in [0.3, 0.4) is 0 Å². The summed E-state index contributed by atoms with van der Waals surface area (Å²) >= 11 is 0. The Balaban J connectivity index is 1.39. The quantitative estimate of drug-likeness (QED) is 0.627. The van der Waals surface area contributed by atoms with E-state index >= 15 is 0 Å². The van der Waals surface area contributed by atoms with Crippen LogP contribution in [-0.4, -0.2) is 55.8 Å². The molecule has 2 heterocycles. The fraction of sp³-hybridized carbons (Fsp3) is 0.360. The van der Waals surface area contributed by atoms with E-state index in [1.165, 1.54) is 0 Å². The van der Waals surface area contributed by atoms with E-state index in [2.05, 4.69) is 10.2 Å². The van der Waals surface area contributed by atoms with Crippen LogP contribution in [0.2, 0.25) is 0 Å². The molecule has 1 aliphatic carbocycles. The van der Waals surface area contributed by atoms with Crippen molar-refractivity contribution in [3.05, 3.63) is 65.2 Å². The van der Waals surface area contributed by atoms with Crippen LogP contribution in [0.1, 0.15) is 34.3 Å². The predicted molar refractivity (Wildman–Crippen MR) is 129 cm³/mol. The molecule has 2 aliphatic rings. The highest BCUT2D eigenvalue weighted by atomic mass is 32.2. The molecule has 1 saturated heterocycles. The summed E-state index contributed by atoms with van der Waals surface area (Å²) in [5, 5.41) is 3.90. The van der Waals surface area contributed by atoms with Crippen molar-refractivity contribution in [2.45, 2.75) is 37.6 Å². The molecule has 0 unspecified atom stereocenters. The molecule has 0 bridgehead atoms. The maximum atomic E-state index is 13.3. The molecule has 172 valence electrons. The minimum absolute atomic E-state index is 0.0755. The molecule has 1 N–H and O–H groups in total. The number of aromatic nitrogens is 1. The maximum absolute atomic E-state index is 13.3. The predicted octanol–water partition coefficient (Wildman–Crippen LogP) is 3.25. The van der Waals surface area contributed by atoms with Gasteiger partial charge in [-0.25, -0.2) is 13.4 Å². The molecule has 8 heteroatoms. The second-order valence-corrected chi connectivity index (χ2v) is 10.9. The summed E-state index contributed by atoms with van der Waals surface area (Å²) in [7, 11) is -3.56. The van der Waals surface area contributed by atoms with Crippen LogP contribution in [0, 0.1) is 13.8 Å². The summed E-state index contributed by atoms with van der Waals surface area (Å²) in [5.41, 5.74) is 3.06. The van der Waals surface area contributed by atoms with E-state index in [9.17, 15) is 13.2 Å². The first kappa shape index (κ1) is 21.9. The number of aryl methyl sites for hydroxylation is 2. The van der Waals surface area contributed by atoms with Crippen LogP contribution in [0.5, 0.6) is 0 Å². The average Bonchev–Trinajstić information content (AvgIpc) is 3.64. The highest BCUT2D eigenvalue weighted by Gasteiger charge is 2.31. The highest BCUT2D eigenvalue weighted by Crippen LogP contribution is 2.27. The Morgan fingerprint density at radius 1 is 1.00 bits per heavy atom. The van der Waals surface area contributed by atoms with Crippen molar-refractivity contribution in [2.75, 3.05) is 31.1 Å². The van der Waals surface area contributed by atoms with E-state index in [4.69, 9.17) is 4.98 Å². The first-order valence-corrected chi connectivity index (χ1v) is 12.8.